The van der Waals surface area contributed by atoms with Gasteiger partial charge in [0.25, 0.3) is 0 Å². The second-order valence-corrected chi connectivity index (χ2v) is 6.20. The molecule has 126 valence electrons. The molecule has 0 aliphatic heterocycles. The minimum atomic E-state index is 0.731. The summed E-state index contributed by atoms with van der Waals surface area (Å²) in [6.07, 6.45) is 7.27. The van der Waals surface area contributed by atoms with Gasteiger partial charge in [0.1, 0.15) is 0 Å². The lowest BCUT2D eigenvalue weighted by Gasteiger charge is -2.05. The quantitative estimate of drug-likeness (QED) is 0.465. The molecule has 3 rings (SSSR count). The van der Waals surface area contributed by atoms with Gasteiger partial charge in [-0.15, -0.1) is 10.2 Å². The van der Waals surface area contributed by atoms with E-state index in [1.807, 2.05) is 48.7 Å². The van der Waals surface area contributed by atoms with Crippen molar-refractivity contribution in [1.29, 1.82) is 0 Å². The second kappa shape index (κ2) is 8.39. The average Bonchev–Trinajstić information content (AvgIpc) is 3.09. The standard InChI is InChI=1S/C19H19N5S/c1-3-15-7-9-17(10-8-15)21-12-13-25-19-23-22-18(24(19)4-2)16-6-5-11-20-14-16/h3,5-12,14H,1,4,13H2,2H3/b21-12+. The first-order valence-corrected chi connectivity index (χ1v) is 9.01. The summed E-state index contributed by atoms with van der Waals surface area (Å²) in [6.45, 7) is 6.64. The van der Waals surface area contributed by atoms with Crippen LogP contribution in [0.2, 0.25) is 0 Å². The van der Waals surface area contributed by atoms with E-state index in [1.54, 1.807) is 24.2 Å². The van der Waals surface area contributed by atoms with Crippen LogP contribution in [0.1, 0.15) is 12.5 Å². The highest BCUT2D eigenvalue weighted by Gasteiger charge is 2.12. The van der Waals surface area contributed by atoms with E-state index in [2.05, 4.69) is 38.2 Å². The third-order valence-electron chi connectivity index (χ3n) is 3.61. The normalized spacial score (nSPS) is 11.1. The van der Waals surface area contributed by atoms with Crippen molar-refractivity contribution in [3.05, 3.63) is 60.9 Å². The molecule has 0 atom stereocenters. The van der Waals surface area contributed by atoms with Crippen LogP contribution in [0.4, 0.5) is 5.69 Å². The zero-order valence-electron chi connectivity index (χ0n) is 14.0. The van der Waals surface area contributed by atoms with E-state index in [-0.39, 0.29) is 0 Å². The van der Waals surface area contributed by atoms with Gasteiger partial charge in [0.15, 0.2) is 11.0 Å². The highest BCUT2D eigenvalue weighted by atomic mass is 32.2. The monoisotopic (exact) mass is 349 g/mol. The van der Waals surface area contributed by atoms with E-state index in [1.165, 1.54) is 0 Å². The summed E-state index contributed by atoms with van der Waals surface area (Å²) in [5.74, 6) is 1.57. The second-order valence-electron chi connectivity index (χ2n) is 5.21. The van der Waals surface area contributed by atoms with Crippen LogP contribution in [-0.2, 0) is 6.54 Å². The maximum absolute atomic E-state index is 4.47. The van der Waals surface area contributed by atoms with E-state index < -0.39 is 0 Å². The summed E-state index contributed by atoms with van der Waals surface area (Å²) >= 11 is 1.62. The zero-order valence-corrected chi connectivity index (χ0v) is 14.9. The van der Waals surface area contributed by atoms with Gasteiger partial charge in [-0.1, -0.05) is 36.5 Å². The Morgan fingerprint density at radius 2 is 2.04 bits per heavy atom. The Kier molecular flexibility index (Phi) is 5.74. The number of rotatable bonds is 7. The van der Waals surface area contributed by atoms with E-state index in [0.29, 0.717) is 0 Å². The molecule has 0 spiro atoms. The topological polar surface area (TPSA) is 56.0 Å². The van der Waals surface area contributed by atoms with E-state index >= 15 is 0 Å². The van der Waals surface area contributed by atoms with Crippen LogP contribution in [0, 0.1) is 0 Å². The number of benzene rings is 1. The van der Waals surface area contributed by atoms with E-state index in [0.717, 1.165) is 40.1 Å². The van der Waals surface area contributed by atoms with Gasteiger partial charge >= 0.3 is 0 Å². The van der Waals surface area contributed by atoms with Crippen molar-refractivity contribution in [1.82, 2.24) is 19.7 Å². The lowest BCUT2D eigenvalue weighted by atomic mass is 10.2. The fourth-order valence-corrected chi connectivity index (χ4v) is 3.11. The molecule has 0 radical (unpaired) electrons. The number of hydrogen-bond donors (Lipinski definition) is 0. The minimum absolute atomic E-state index is 0.731. The molecule has 0 unspecified atom stereocenters. The molecule has 2 heterocycles. The van der Waals surface area contributed by atoms with Crippen LogP contribution >= 0.6 is 11.8 Å². The van der Waals surface area contributed by atoms with Crippen LogP contribution < -0.4 is 0 Å². The number of nitrogens with zero attached hydrogens (tertiary/aromatic N) is 5. The van der Waals surface area contributed by atoms with Crippen molar-refractivity contribution < 1.29 is 0 Å². The molecule has 5 nitrogen and oxygen atoms in total. The largest absolute Gasteiger partial charge is 0.302 e. The summed E-state index contributed by atoms with van der Waals surface area (Å²) in [5.41, 5.74) is 2.99. The summed E-state index contributed by atoms with van der Waals surface area (Å²) in [4.78, 5) is 8.62. The molecular formula is C19H19N5S. The Bertz CT molecular complexity index is 853. The Balaban J connectivity index is 1.66. The predicted octanol–water partition coefficient (Wildman–Crippen LogP) is 4.50. The van der Waals surface area contributed by atoms with Crippen LogP contribution in [0.3, 0.4) is 0 Å². The molecule has 2 aromatic heterocycles. The Hall–Kier alpha value is -2.73. The summed E-state index contributed by atoms with van der Waals surface area (Å²) in [5, 5.41) is 9.50. The summed E-state index contributed by atoms with van der Waals surface area (Å²) < 4.78 is 2.09. The van der Waals surface area contributed by atoms with Crippen LogP contribution in [-0.4, -0.2) is 31.7 Å². The SMILES string of the molecule is C=Cc1ccc(/N=C/CSc2nnc(-c3cccnc3)n2CC)cc1. The fourth-order valence-electron chi connectivity index (χ4n) is 2.34. The lowest BCUT2D eigenvalue weighted by Crippen LogP contribution is -2.00. The Morgan fingerprint density at radius 1 is 1.20 bits per heavy atom. The van der Waals surface area contributed by atoms with Gasteiger partial charge in [-0.25, -0.2) is 0 Å². The minimum Gasteiger partial charge on any atom is -0.302 e. The third kappa shape index (κ3) is 4.22. The van der Waals surface area contributed by atoms with Gasteiger partial charge in [-0.3, -0.25) is 9.98 Å². The molecule has 25 heavy (non-hydrogen) atoms. The van der Waals surface area contributed by atoms with Gasteiger partial charge in [0.2, 0.25) is 0 Å². The van der Waals surface area contributed by atoms with Crippen molar-refractivity contribution in [3.63, 3.8) is 0 Å². The molecule has 1 aromatic carbocycles. The smallest absolute Gasteiger partial charge is 0.191 e. The number of thioether (sulfide) groups is 1. The van der Waals surface area contributed by atoms with Gasteiger partial charge in [-0.2, -0.15) is 0 Å². The molecule has 0 bridgehead atoms. The highest BCUT2D eigenvalue weighted by Crippen LogP contribution is 2.23. The fraction of sp³-hybridized carbons (Fsp3) is 0.158. The molecule has 6 heteroatoms. The Morgan fingerprint density at radius 3 is 2.72 bits per heavy atom. The first-order chi connectivity index (χ1) is 12.3. The maximum atomic E-state index is 4.47. The van der Waals surface area contributed by atoms with Crippen LogP contribution in [0.15, 0.2) is 65.5 Å². The molecule has 0 saturated heterocycles. The Labute approximate surface area is 151 Å². The van der Waals surface area contributed by atoms with E-state index in [4.69, 9.17) is 0 Å². The average molecular weight is 349 g/mol. The van der Waals surface area contributed by atoms with Crippen LogP contribution in [0.25, 0.3) is 17.5 Å². The zero-order chi connectivity index (χ0) is 17.5. The molecule has 0 aliphatic carbocycles. The summed E-state index contributed by atoms with van der Waals surface area (Å²) in [7, 11) is 0. The van der Waals surface area contributed by atoms with Gasteiger partial charge in [0.05, 0.1) is 5.69 Å². The first kappa shape index (κ1) is 17.1. The van der Waals surface area contributed by atoms with Gasteiger partial charge < -0.3 is 4.57 Å². The van der Waals surface area contributed by atoms with Gasteiger partial charge in [0, 0.05) is 36.5 Å². The first-order valence-electron chi connectivity index (χ1n) is 8.03. The van der Waals surface area contributed by atoms with Crippen molar-refractivity contribution in [2.24, 2.45) is 4.99 Å². The highest BCUT2D eigenvalue weighted by molar-refractivity contribution is 7.99. The van der Waals surface area contributed by atoms with Crippen LogP contribution in [0.5, 0.6) is 0 Å². The van der Waals surface area contributed by atoms with Crippen molar-refractivity contribution in [2.45, 2.75) is 18.6 Å². The maximum Gasteiger partial charge on any atom is 0.191 e. The molecule has 3 aromatic rings. The van der Waals surface area contributed by atoms with Gasteiger partial charge in [-0.05, 0) is 36.8 Å². The van der Waals surface area contributed by atoms with Crippen molar-refractivity contribution in [2.75, 3.05) is 5.75 Å². The number of aliphatic imine (C=N–C) groups is 1. The predicted molar refractivity (Wildman–Crippen MR) is 104 cm³/mol. The molecule has 0 saturated carbocycles. The van der Waals surface area contributed by atoms with E-state index in [9.17, 15) is 0 Å². The number of aromatic nitrogens is 4. The van der Waals surface area contributed by atoms with Crippen molar-refractivity contribution in [3.8, 4) is 11.4 Å². The molecule has 0 aliphatic rings. The molecule has 0 N–H and O–H groups in total. The third-order valence-corrected chi connectivity index (χ3v) is 4.48. The molecule has 0 amide bonds. The van der Waals surface area contributed by atoms with Crippen molar-refractivity contribution >= 4 is 29.7 Å². The number of hydrogen-bond acceptors (Lipinski definition) is 5. The molecular weight excluding hydrogens is 330 g/mol. The lowest BCUT2D eigenvalue weighted by molar-refractivity contribution is 0.688. The summed E-state index contributed by atoms with van der Waals surface area (Å²) in [6, 6.07) is 11.9. The number of pyridine rings is 1. The molecule has 0 fully saturated rings.